The van der Waals surface area contributed by atoms with Crippen molar-refractivity contribution >= 4 is 11.9 Å². The zero-order valence-electron chi connectivity index (χ0n) is 5.39. The van der Waals surface area contributed by atoms with Gasteiger partial charge in [0.15, 0.2) is 12.2 Å². The summed E-state index contributed by atoms with van der Waals surface area (Å²) < 4.78 is 0. The minimum absolute atomic E-state index is 0. The van der Waals surface area contributed by atoms with Crippen LogP contribution in [0.4, 0.5) is 0 Å². The van der Waals surface area contributed by atoms with Gasteiger partial charge < -0.3 is 20.4 Å². The first-order chi connectivity index (χ1) is 4.46. The number of aliphatic carboxylic acids is 2. The Morgan fingerprint density at radius 3 is 1.08 bits per heavy atom. The minimum Gasteiger partial charge on any atom is -0.479 e. The number of rotatable bonds is 3. The van der Waals surface area contributed by atoms with E-state index in [4.69, 9.17) is 20.4 Å². The molecule has 2 atom stereocenters. The maximum absolute atomic E-state index is 9.77. The van der Waals surface area contributed by atoms with Crippen LogP contribution in [0.15, 0.2) is 0 Å². The zero-order valence-corrected chi connectivity index (χ0v) is 7.37. The van der Waals surface area contributed by atoms with Crippen molar-refractivity contribution in [3.8, 4) is 0 Å². The summed E-state index contributed by atoms with van der Waals surface area (Å²) in [4.78, 5) is 19.5. The summed E-state index contributed by atoms with van der Waals surface area (Å²) in [6, 6.07) is 0. The third kappa shape index (κ3) is 5.49. The molecule has 0 fully saturated rings. The number of carbonyl (C=O) groups is 2. The molecule has 0 heterocycles. The predicted octanol–water partition coefficient (Wildman–Crippen LogP) is -2.13. The second-order valence-corrected chi connectivity index (χ2v) is 1.57. The number of aliphatic hydroxyl groups is 2. The Morgan fingerprint density at radius 2 is 1.00 bits per heavy atom. The maximum Gasteiger partial charge on any atom is 0.335 e. The SMILES string of the molecule is O=C(O)C(O)C(O)C(=O)O.[Ni].[Ni]. The van der Waals surface area contributed by atoms with Crippen molar-refractivity contribution in [1.29, 1.82) is 0 Å². The summed E-state index contributed by atoms with van der Waals surface area (Å²) in [6.07, 6.45) is -4.53. The summed E-state index contributed by atoms with van der Waals surface area (Å²) in [7, 11) is 0. The van der Waals surface area contributed by atoms with Gasteiger partial charge in [0, 0.05) is 33.0 Å². The fourth-order valence-electron chi connectivity index (χ4n) is 0.270. The monoisotopic (exact) mass is 266 g/mol. The number of carboxylic acids is 2. The molecule has 0 spiro atoms. The van der Waals surface area contributed by atoms with Gasteiger partial charge in [-0.15, -0.1) is 0 Å². The van der Waals surface area contributed by atoms with Gasteiger partial charge in [0.25, 0.3) is 0 Å². The number of hydrogen-bond acceptors (Lipinski definition) is 4. The molecule has 0 aromatic carbocycles. The van der Waals surface area contributed by atoms with Crippen LogP contribution in [0.25, 0.3) is 0 Å². The van der Waals surface area contributed by atoms with Gasteiger partial charge in [-0.3, -0.25) is 0 Å². The molecule has 8 heteroatoms. The first-order valence-corrected chi connectivity index (χ1v) is 2.28. The first-order valence-electron chi connectivity index (χ1n) is 2.28. The van der Waals surface area contributed by atoms with E-state index in [1.165, 1.54) is 0 Å². The van der Waals surface area contributed by atoms with Gasteiger partial charge in [-0.25, -0.2) is 9.59 Å². The molecule has 4 N–H and O–H groups in total. The Bertz CT molecular complexity index is 142. The second kappa shape index (κ2) is 7.49. The molecule has 2 unspecified atom stereocenters. The van der Waals surface area contributed by atoms with E-state index in [9.17, 15) is 9.59 Å². The Labute approximate surface area is 87.4 Å². The molecule has 0 rings (SSSR count). The Balaban J connectivity index is -0.000000405. The molecule has 0 aliphatic rings. The minimum atomic E-state index is -2.27. The maximum atomic E-state index is 9.77. The van der Waals surface area contributed by atoms with Crippen molar-refractivity contribution in [1.82, 2.24) is 0 Å². The number of aliphatic hydroxyl groups excluding tert-OH is 2. The van der Waals surface area contributed by atoms with Crippen LogP contribution in [0.3, 0.4) is 0 Å². The van der Waals surface area contributed by atoms with Gasteiger partial charge >= 0.3 is 11.9 Å². The normalized spacial score (nSPS) is 13.2. The molecule has 0 saturated carbocycles. The van der Waals surface area contributed by atoms with Gasteiger partial charge in [0.2, 0.25) is 0 Å². The molecule has 12 heavy (non-hydrogen) atoms. The van der Waals surface area contributed by atoms with Crippen LogP contribution >= 0.6 is 0 Å². The molecule has 78 valence electrons. The van der Waals surface area contributed by atoms with Crippen molar-refractivity contribution in [3.05, 3.63) is 0 Å². The van der Waals surface area contributed by atoms with Crippen molar-refractivity contribution in [2.24, 2.45) is 0 Å². The molecule has 0 aromatic heterocycles. The van der Waals surface area contributed by atoms with Gasteiger partial charge in [0.1, 0.15) is 0 Å². The van der Waals surface area contributed by atoms with E-state index in [1.807, 2.05) is 0 Å². The van der Waals surface area contributed by atoms with Gasteiger partial charge in [0.05, 0.1) is 0 Å². The molecule has 0 amide bonds. The third-order valence-electron chi connectivity index (χ3n) is 0.805. The van der Waals surface area contributed by atoms with Crippen molar-refractivity contribution in [3.63, 3.8) is 0 Å². The molecule has 6 nitrogen and oxygen atoms in total. The molecular formula is C4H6Ni2O6. The van der Waals surface area contributed by atoms with E-state index < -0.39 is 24.1 Å². The number of carboxylic acid groups (broad SMARTS) is 2. The first kappa shape index (κ1) is 17.8. The fourth-order valence-corrected chi connectivity index (χ4v) is 0.270. The van der Waals surface area contributed by atoms with Gasteiger partial charge in [-0.2, -0.15) is 0 Å². The summed E-state index contributed by atoms with van der Waals surface area (Å²) in [5.74, 6) is -3.54. The summed E-state index contributed by atoms with van der Waals surface area (Å²) >= 11 is 0. The van der Waals surface area contributed by atoms with Crippen LogP contribution in [-0.2, 0) is 42.6 Å². The third-order valence-corrected chi connectivity index (χ3v) is 0.805. The van der Waals surface area contributed by atoms with E-state index in [1.54, 1.807) is 0 Å². The second-order valence-electron chi connectivity index (χ2n) is 1.57. The van der Waals surface area contributed by atoms with E-state index in [0.717, 1.165) is 0 Å². The van der Waals surface area contributed by atoms with E-state index in [0.29, 0.717) is 0 Å². The Hall–Kier alpha value is -0.153. The molecule has 0 aromatic rings. The van der Waals surface area contributed by atoms with E-state index in [-0.39, 0.29) is 33.0 Å². The predicted molar refractivity (Wildman–Crippen MR) is 27.3 cm³/mol. The van der Waals surface area contributed by atoms with E-state index in [2.05, 4.69) is 0 Å². The van der Waals surface area contributed by atoms with Crippen LogP contribution in [0.5, 0.6) is 0 Å². The summed E-state index contributed by atoms with van der Waals surface area (Å²) in [5.41, 5.74) is 0. The van der Waals surface area contributed by atoms with Crippen LogP contribution in [0.2, 0.25) is 0 Å². The summed E-state index contributed by atoms with van der Waals surface area (Å²) in [5, 5.41) is 32.5. The molecule has 0 bridgehead atoms. The topological polar surface area (TPSA) is 115 Å². The Kier molecular flexibility index (Phi) is 11.1. The number of hydrogen-bond donors (Lipinski definition) is 4. The van der Waals surface area contributed by atoms with Gasteiger partial charge in [-0.1, -0.05) is 0 Å². The standard InChI is InChI=1S/C4H6O6.2Ni/c5-1(3(7)8)2(6)4(9)10;;/h1-2,5-6H,(H,7,8)(H,9,10);;. The summed E-state index contributed by atoms with van der Waals surface area (Å²) in [6.45, 7) is 0. The van der Waals surface area contributed by atoms with Crippen LogP contribution in [-0.4, -0.2) is 44.6 Å². The molecule has 0 saturated heterocycles. The van der Waals surface area contributed by atoms with Gasteiger partial charge in [-0.05, 0) is 0 Å². The average molecular weight is 267 g/mol. The van der Waals surface area contributed by atoms with Crippen LogP contribution in [0.1, 0.15) is 0 Å². The molecular weight excluding hydrogens is 261 g/mol. The molecule has 0 aliphatic heterocycles. The van der Waals surface area contributed by atoms with Crippen LogP contribution < -0.4 is 0 Å². The van der Waals surface area contributed by atoms with Crippen molar-refractivity contribution in [2.45, 2.75) is 12.2 Å². The fraction of sp³-hybridized carbons (Fsp3) is 0.500. The van der Waals surface area contributed by atoms with Crippen molar-refractivity contribution in [2.75, 3.05) is 0 Å². The quantitative estimate of drug-likeness (QED) is 0.434. The Morgan fingerprint density at radius 1 is 0.833 bits per heavy atom. The smallest absolute Gasteiger partial charge is 0.335 e. The molecule has 0 aliphatic carbocycles. The van der Waals surface area contributed by atoms with E-state index >= 15 is 0 Å². The molecule has 0 radical (unpaired) electrons. The largest absolute Gasteiger partial charge is 0.479 e. The zero-order chi connectivity index (χ0) is 8.31. The average Bonchev–Trinajstić information content (AvgIpc) is 1.84. The van der Waals surface area contributed by atoms with Crippen LogP contribution in [0, 0.1) is 0 Å². The van der Waals surface area contributed by atoms with Crippen molar-refractivity contribution < 1.29 is 63.0 Å².